The minimum absolute atomic E-state index is 1.14. The fourth-order valence-electron chi connectivity index (χ4n) is 1.63. The molecule has 0 saturated carbocycles. The van der Waals surface area contributed by atoms with Crippen LogP contribution in [0.3, 0.4) is 0 Å². The van der Waals surface area contributed by atoms with Crippen LogP contribution in [-0.2, 0) is 12.8 Å². The number of nitrogens with one attached hydrogen (secondary N) is 1. The van der Waals surface area contributed by atoms with Crippen molar-refractivity contribution < 1.29 is 0 Å². The number of anilines is 1. The fraction of sp³-hybridized carbons (Fsp3) is 0.500. The van der Waals surface area contributed by atoms with E-state index in [9.17, 15) is 0 Å². The van der Waals surface area contributed by atoms with Gasteiger partial charge in [-0.3, -0.25) is 0 Å². The normalized spacial score (nSPS) is 10.1. The van der Waals surface area contributed by atoms with Crippen LogP contribution in [0.2, 0.25) is 0 Å². The average Bonchev–Trinajstić information content (AvgIpc) is 2.18. The summed E-state index contributed by atoms with van der Waals surface area (Å²) in [6.45, 7) is 4.44. The number of aryl methyl sites for hydroxylation is 2. The lowest BCUT2D eigenvalue weighted by molar-refractivity contribution is 0.900. The first-order valence-electron chi connectivity index (χ1n) is 5.11. The highest BCUT2D eigenvalue weighted by molar-refractivity contribution is 5.48. The van der Waals surface area contributed by atoms with E-state index < -0.39 is 0 Å². The Morgan fingerprint density at radius 2 is 1.92 bits per heavy atom. The van der Waals surface area contributed by atoms with E-state index in [1.807, 2.05) is 7.05 Å². The Bertz CT molecular complexity index is 266. The quantitative estimate of drug-likeness (QED) is 0.744. The van der Waals surface area contributed by atoms with Crippen LogP contribution in [-0.4, -0.2) is 7.05 Å². The molecule has 1 aromatic rings. The van der Waals surface area contributed by atoms with Crippen molar-refractivity contribution in [3.63, 3.8) is 0 Å². The van der Waals surface area contributed by atoms with Gasteiger partial charge in [0.15, 0.2) is 0 Å². The van der Waals surface area contributed by atoms with Crippen LogP contribution in [0.25, 0.3) is 0 Å². The fourth-order valence-corrected chi connectivity index (χ4v) is 1.63. The van der Waals surface area contributed by atoms with E-state index >= 15 is 0 Å². The highest BCUT2D eigenvalue weighted by Crippen LogP contribution is 2.17. The van der Waals surface area contributed by atoms with E-state index in [0.29, 0.717) is 0 Å². The molecule has 72 valence electrons. The van der Waals surface area contributed by atoms with Gasteiger partial charge in [0.25, 0.3) is 0 Å². The smallest absolute Gasteiger partial charge is 0.0340 e. The molecule has 0 radical (unpaired) electrons. The minimum atomic E-state index is 1.14. The molecule has 0 bridgehead atoms. The third-order valence-corrected chi connectivity index (χ3v) is 2.40. The predicted octanol–water partition coefficient (Wildman–Crippen LogP) is 3.24. The summed E-state index contributed by atoms with van der Waals surface area (Å²) in [6.07, 6.45) is 3.55. The van der Waals surface area contributed by atoms with E-state index in [-0.39, 0.29) is 0 Å². The summed E-state index contributed by atoms with van der Waals surface area (Å²) in [5.74, 6) is 0. The van der Waals surface area contributed by atoms with Gasteiger partial charge in [0.05, 0.1) is 0 Å². The van der Waals surface area contributed by atoms with Crippen molar-refractivity contribution in [1.82, 2.24) is 0 Å². The van der Waals surface area contributed by atoms with Crippen LogP contribution in [0.15, 0.2) is 18.2 Å². The second-order valence-corrected chi connectivity index (χ2v) is 3.34. The molecule has 0 aliphatic heterocycles. The Balaban J connectivity index is 2.95. The average molecular weight is 177 g/mol. The van der Waals surface area contributed by atoms with Crippen molar-refractivity contribution in [1.29, 1.82) is 0 Å². The van der Waals surface area contributed by atoms with Gasteiger partial charge >= 0.3 is 0 Å². The standard InChI is InChI=1S/C12H19N/c1-4-6-11-9-12(13-3)8-7-10(11)5-2/h7-9,13H,4-6H2,1-3H3. The molecule has 1 nitrogen and oxygen atoms in total. The van der Waals surface area contributed by atoms with Gasteiger partial charge in [-0.1, -0.05) is 26.3 Å². The van der Waals surface area contributed by atoms with Crippen LogP contribution >= 0.6 is 0 Å². The molecule has 1 heteroatoms. The minimum Gasteiger partial charge on any atom is -0.388 e. The monoisotopic (exact) mass is 177 g/mol. The lowest BCUT2D eigenvalue weighted by Gasteiger charge is -2.09. The van der Waals surface area contributed by atoms with Crippen molar-refractivity contribution in [2.75, 3.05) is 12.4 Å². The Labute approximate surface area is 81.2 Å². The molecule has 0 fully saturated rings. The van der Waals surface area contributed by atoms with Crippen molar-refractivity contribution in [2.24, 2.45) is 0 Å². The number of hydrogen-bond donors (Lipinski definition) is 1. The Kier molecular flexibility index (Phi) is 3.81. The van der Waals surface area contributed by atoms with Gasteiger partial charge in [-0.25, -0.2) is 0 Å². The van der Waals surface area contributed by atoms with Crippen LogP contribution in [0.1, 0.15) is 31.4 Å². The highest BCUT2D eigenvalue weighted by Gasteiger charge is 2.00. The van der Waals surface area contributed by atoms with Crippen molar-refractivity contribution >= 4 is 5.69 Å². The van der Waals surface area contributed by atoms with E-state index in [2.05, 4.69) is 37.4 Å². The van der Waals surface area contributed by atoms with Gasteiger partial charge in [0, 0.05) is 12.7 Å². The SMILES string of the molecule is CCCc1cc(NC)ccc1CC. The first-order chi connectivity index (χ1) is 6.31. The molecule has 0 aliphatic carbocycles. The van der Waals surface area contributed by atoms with E-state index in [0.717, 1.165) is 6.42 Å². The molecule has 1 rings (SSSR count). The van der Waals surface area contributed by atoms with E-state index in [4.69, 9.17) is 0 Å². The highest BCUT2D eigenvalue weighted by atomic mass is 14.8. The van der Waals surface area contributed by atoms with Crippen LogP contribution in [0, 0.1) is 0 Å². The van der Waals surface area contributed by atoms with Crippen molar-refractivity contribution in [2.45, 2.75) is 33.1 Å². The van der Waals surface area contributed by atoms with Gasteiger partial charge in [-0.15, -0.1) is 0 Å². The first kappa shape index (κ1) is 10.1. The first-order valence-corrected chi connectivity index (χ1v) is 5.11. The zero-order valence-corrected chi connectivity index (χ0v) is 8.85. The maximum Gasteiger partial charge on any atom is 0.0340 e. The Morgan fingerprint density at radius 3 is 2.46 bits per heavy atom. The largest absolute Gasteiger partial charge is 0.388 e. The number of hydrogen-bond acceptors (Lipinski definition) is 1. The third kappa shape index (κ3) is 2.48. The van der Waals surface area contributed by atoms with Crippen LogP contribution in [0.4, 0.5) is 5.69 Å². The maximum atomic E-state index is 3.18. The zero-order chi connectivity index (χ0) is 9.68. The van der Waals surface area contributed by atoms with Gasteiger partial charge in [0.2, 0.25) is 0 Å². The molecular weight excluding hydrogens is 158 g/mol. The molecule has 0 saturated heterocycles. The number of benzene rings is 1. The maximum absolute atomic E-state index is 3.18. The molecule has 0 heterocycles. The van der Waals surface area contributed by atoms with Crippen LogP contribution < -0.4 is 5.32 Å². The van der Waals surface area contributed by atoms with E-state index in [1.54, 1.807) is 0 Å². The lowest BCUT2D eigenvalue weighted by atomic mass is 10.0. The summed E-state index contributed by atoms with van der Waals surface area (Å²) >= 11 is 0. The molecule has 0 aliphatic rings. The van der Waals surface area contributed by atoms with Gasteiger partial charge in [-0.05, 0) is 36.1 Å². The Morgan fingerprint density at radius 1 is 1.15 bits per heavy atom. The molecule has 0 aromatic heterocycles. The molecule has 1 aromatic carbocycles. The molecule has 0 unspecified atom stereocenters. The molecule has 0 spiro atoms. The van der Waals surface area contributed by atoms with Gasteiger partial charge in [0.1, 0.15) is 0 Å². The molecule has 0 amide bonds. The number of rotatable bonds is 4. The lowest BCUT2D eigenvalue weighted by Crippen LogP contribution is -1.95. The summed E-state index contributed by atoms with van der Waals surface area (Å²) < 4.78 is 0. The summed E-state index contributed by atoms with van der Waals surface area (Å²) in [5.41, 5.74) is 4.21. The third-order valence-electron chi connectivity index (χ3n) is 2.40. The summed E-state index contributed by atoms with van der Waals surface area (Å²) in [7, 11) is 1.97. The summed E-state index contributed by atoms with van der Waals surface area (Å²) in [6, 6.07) is 6.65. The van der Waals surface area contributed by atoms with Crippen LogP contribution in [0.5, 0.6) is 0 Å². The van der Waals surface area contributed by atoms with Crippen molar-refractivity contribution in [3.8, 4) is 0 Å². The van der Waals surface area contributed by atoms with E-state index in [1.165, 1.54) is 29.7 Å². The molecule has 13 heavy (non-hydrogen) atoms. The molecule has 0 atom stereocenters. The van der Waals surface area contributed by atoms with Gasteiger partial charge < -0.3 is 5.32 Å². The summed E-state index contributed by atoms with van der Waals surface area (Å²) in [5, 5.41) is 3.18. The second-order valence-electron chi connectivity index (χ2n) is 3.34. The Hall–Kier alpha value is -0.980. The predicted molar refractivity (Wildman–Crippen MR) is 59.4 cm³/mol. The second kappa shape index (κ2) is 4.90. The molecular formula is C12H19N. The summed E-state index contributed by atoms with van der Waals surface area (Å²) in [4.78, 5) is 0. The van der Waals surface area contributed by atoms with Crippen molar-refractivity contribution in [3.05, 3.63) is 29.3 Å². The zero-order valence-electron chi connectivity index (χ0n) is 8.85. The van der Waals surface area contributed by atoms with Gasteiger partial charge in [-0.2, -0.15) is 0 Å². The topological polar surface area (TPSA) is 12.0 Å². The molecule has 1 N–H and O–H groups in total.